The summed E-state index contributed by atoms with van der Waals surface area (Å²) >= 11 is 0. The predicted molar refractivity (Wildman–Crippen MR) is 113 cm³/mol. The van der Waals surface area contributed by atoms with Gasteiger partial charge >= 0.3 is 6.09 Å². The first kappa shape index (κ1) is 25.2. The van der Waals surface area contributed by atoms with Crippen molar-refractivity contribution in [3.05, 3.63) is 29.6 Å². The maximum atomic E-state index is 12.9. The number of hydrogen-bond donors (Lipinski definition) is 3. The molecule has 1 aliphatic rings. The summed E-state index contributed by atoms with van der Waals surface area (Å²) in [6.45, 7) is 4.65. The maximum Gasteiger partial charge on any atom is 0.407 e. The second kappa shape index (κ2) is 12.7. The number of Topliss-reactive ketones (excluding diaryl/α,β-unsaturated/α-hetero) is 1. The minimum absolute atomic E-state index is 0.00655. The zero-order valence-corrected chi connectivity index (χ0v) is 18.5. The number of carbonyl (C=O) groups excluding carboxylic acids is 4. The van der Waals surface area contributed by atoms with E-state index in [9.17, 15) is 19.2 Å². The quantitative estimate of drug-likeness (QED) is 0.326. The minimum atomic E-state index is -1.09. The van der Waals surface area contributed by atoms with Gasteiger partial charge in [0, 0.05) is 32.5 Å². The van der Waals surface area contributed by atoms with Crippen LogP contribution in [-0.4, -0.2) is 74.3 Å². The Hall–Kier alpha value is -3.05. The molecule has 32 heavy (non-hydrogen) atoms. The van der Waals surface area contributed by atoms with Crippen molar-refractivity contribution in [2.24, 2.45) is 5.92 Å². The van der Waals surface area contributed by atoms with Crippen LogP contribution in [0.25, 0.3) is 0 Å². The van der Waals surface area contributed by atoms with Crippen molar-refractivity contribution in [1.29, 1.82) is 0 Å². The van der Waals surface area contributed by atoms with Crippen LogP contribution in [0.2, 0.25) is 0 Å². The van der Waals surface area contributed by atoms with Gasteiger partial charge in [-0.2, -0.15) is 0 Å². The molecule has 1 aliphatic heterocycles. The van der Waals surface area contributed by atoms with Crippen molar-refractivity contribution >= 4 is 23.7 Å². The molecular formula is C21H30N4O7. The van der Waals surface area contributed by atoms with E-state index in [1.165, 1.54) is 0 Å². The van der Waals surface area contributed by atoms with Crippen LogP contribution in [0, 0.1) is 5.92 Å². The highest BCUT2D eigenvalue weighted by molar-refractivity contribution is 6.38. The van der Waals surface area contributed by atoms with Gasteiger partial charge in [0.1, 0.15) is 18.7 Å². The number of carbonyl (C=O) groups is 4. The van der Waals surface area contributed by atoms with E-state index in [1.54, 1.807) is 33.4 Å². The van der Waals surface area contributed by atoms with Crippen molar-refractivity contribution in [2.45, 2.75) is 38.9 Å². The lowest BCUT2D eigenvalue weighted by Crippen LogP contribution is -2.56. The molecule has 3 amide bonds. The molecule has 2 bridgehead atoms. The average molecular weight is 450 g/mol. The number of fused-ring (bicyclic) bond motifs is 2. The van der Waals surface area contributed by atoms with Gasteiger partial charge in [-0.1, -0.05) is 19.9 Å². The van der Waals surface area contributed by atoms with E-state index in [4.69, 9.17) is 14.2 Å². The Morgan fingerprint density at radius 1 is 1.16 bits per heavy atom. The molecule has 1 aromatic rings. The second-order valence-corrected chi connectivity index (χ2v) is 7.62. The van der Waals surface area contributed by atoms with Crippen molar-refractivity contribution in [2.75, 3.05) is 33.5 Å². The summed E-state index contributed by atoms with van der Waals surface area (Å²) < 4.78 is 15.1. The van der Waals surface area contributed by atoms with E-state index in [0.29, 0.717) is 18.8 Å². The molecule has 0 saturated carbocycles. The molecule has 0 fully saturated rings. The van der Waals surface area contributed by atoms with Gasteiger partial charge in [0.05, 0.1) is 19.8 Å². The summed E-state index contributed by atoms with van der Waals surface area (Å²) in [7, 11) is 1.55. The molecule has 0 aromatic carbocycles. The molecule has 176 valence electrons. The van der Waals surface area contributed by atoms with Gasteiger partial charge in [0.25, 0.3) is 5.91 Å². The van der Waals surface area contributed by atoms with Crippen LogP contribution in [-0.2, 0) is 41.6 Å². The van der Waals surface area contributed by atoms with E-state index in [2.05, 4.69) is 20.9 Å². The lowest BCUT2D eigenvalue weighted by molar-refractivity contribution is -0.140. The summed E-state index contributed by atoms with van der Waals surface area (Å²) in [4.78, 5) is 53.8. The molecule has 2 atom stereocenters. The van der Waals surface area contributed by atoms with E-state index >= 15 is 0 Å². The summed E-state index contributed by atoms with van der Waals surface area (Å²) in [5.41, 5.74) is 1.46. The molecule has 0 spiro atoms. The normalized spacial score (nSPS) is 16.9. The Morgan fingerprint density at radius 2 is 1.88 bits per heavy atom. The largest absolute Gasteiger partial charge is 0.447 e. The number of ether oxygens (including phenoxy) is 3. The number of pyridine rings is 1. The zero-order valence-electron chi connectivity index (χ0n) is 18.5. The fourth-order valence-corrected chi connectivity index (χ4v) is 3.03. The van der Waals surface area contributed by atoms with E-state index in [-0.39, 0.29) is 32.1 Å². The predicted octanol–water partition coefficient (Wildman–Crippen LogP) is -0.278. The number of hydrogen-bond acceptors (Lipinski definition) is 8. The first-order valence-corrected chi connectivity index (χ1v) is 10.4. The Balaban J connectivity index is 1.97. The van der Waals surface area contributed by atoms with Gasteiger partial charge in [-0.05, 0) is 17.0 Å². The number of rotatable bonds is 10. The smallest absolute Gasteiger partial charge is 0.407 e. The van der Waals surface area contributed by atoms with Crippen molar-refractivity contribution in [1.82, 2.24) is 20.9 Å². The van der Waals surface area contributed by atoms with Crippen molar-refractivity contribution in [3.8, 4) is 0 Å². The summed E-state index contributed by atoms with van der Waals surface area (Å²) in [6.07, 6.45) is 2.49. The molecule has 2 unspecified atom stereocenters. The Kier molecular flexibility index (Phi) is 10.0. The lowest BCUT2D eigenvalue weighted by atomic mass is 10.00. The first-order chi connectivity index (χ1) is 15.3. The molecule has 2 heterocycles. The van der Waals surface area contributed by atoms with Gasteiger partial charge in [0.15, 0.2) is 0 Å². The van der Waals surface area contributed by atoms with Crippen LogP contribution in [0.5, 0.6) is 0 Å². The summed E-state index contributed by atoms with van der Waals surface area (Å²) in [6, 6.07) is -0.245. The molecular weight excluding hydrogens is 420 g/mol. The van der Waals surface area contributed by atoms with Gasteiger partial charge in [-0.3, -0.25) is 19.4 Å². The van der Waals surface area contributed by atoms with Crippen LogP contribution < -0.4 is 16.0 Å². The third-order valence-corrected chi connectivity index (χ3v) is 4.72. The Bertz CT molecular complexity index is 815. The Labute approximate surface area is 186 Å². The molecule has 11 nitrogen and oxygen atoms in total. The van der Waals surface area contributed by atoms with E-state index in [0.717, 1.165) is 5.56 Å². The molecule has 0 aliphatic carbocycles. The first-order valence-electron chi connectivity index (χ1n) is 10.4. The van der Waals surface area contributed by atoms with Gasteiger partial charge < -0.3 is 30.2 Å². The summed E-state index contributed by atoms with van der Waals surface area (Å²) in [5, 5.41) is 7.62. The molecule has 3 N–H and O–H groups in total. The number of ketones is 1. The molecule has 1 aromatic heterocycles. The standard InChI is InChI=1S/C21H30N4O7/c1-13(2)17(25-21(29)32-7-6-31-5-4-30-3)19(27)24-16-9-14-8-15(11-22-10-14)12-23-20(28)18(16)26/h8,10-11,13,16-17H,4-7,9,12H2,1-3H3,(H,23,28)(H,24,27)(H,25,29). The molecule has 2 rings (SSSR count). The molecule has 0 saturated heterocycles. The number of methoxy groups -OCH3 is 1. The molecule has 11 heteroatoms. The van der Waals surface area contributed by atoms with Crippen molar-refractivity contribution in [3.63, 3.8) is 0 Å². The van der Waals surface area contributed by atoms with Crippen LogP contribution in [0.15, 0.2) is 18.5 Å². The highest BCUT2D eigenvalue weighted by Crippen LogP contribution is 2.11. The van der Waals surface area contributed by atoms with Gasteiger partial charge in [-0.25, -0.2) is 4.79 Å². The SMILES string of the molecule is COCCOCCOC(=O)NC(C(=O)NC1Cc2cncc(c2)CNC(=O)C1=O)C(C)C. The van der Waals surface area contributed by atoms with Crippen LogP contribution in [0.4, 0.5) is 4.79 Å². The zero-order chi connectivity index (χ0) is 23.5. The monoisotopic (exact) mass is 450 g/mol. The Morgan fingerprint density at radius 3 is 2.59 bits per heavy atom. The summed E-state index contributed by atoms with van der Waals surface area (Å²) in [5.74, 6) is -2.45. The van der Waals surface area contributed by atoms with Gasteiger partial charge in [-0.15, -0.1) is 0 Å². The van der Waals surface area contributed by atoms with Crippen LogP contribution in [0.3, 0.4) is 0 Å². The maximum absolute atomic E-state index is 12.9. The van der Waals surface area contributed by atoms with E-state index < -0.39 is 35.8 Å². The van der Waals surface area contributed by atoms with Crippen LogP contribution >= 0.6 is 0 Å². The lowest BCUT2D eigenvalue weighted by Gasteiger charge is -2.24. The second-order valence-electron chi connectivity index (χ2n) is 7.62. The number of nitrogens with one attached hydrogen (secondary N) is 3. The number of amides is 3. The highest BCUT2D eigenvalue weighted by atomic mass is 16.6. The fourth-order valence-electron chi connectivity index (χ4n) is 3.03. The number of nitrogens with zero attached hydrogens (tertiary/aromatic N) is 1. The average Bonchev–Trinajstić information content (AvgIpc) is 2.79. The fraction of sp³-hybridized carbons (Fsp3) is 0.571. The van der Waals surface area contributed by atoms with Crippen LogP contribution in [0.1, 0.15) is 25.0 Å². The third kappa shape index (κ3) is 7.89. The van der Waals surface area contributed by atoms with Gasteiger partial charge in [0.2, 0.25) is 11.7 Å². The minimum Gasteiger partial charge on any atom is -0.447 e. The molecule has 0 radical (unpaired) electrons. The highest BCUT2D eigenvalue weighted by Gasteiger charge is 2.32. The topological polar surface area (TPSA) is 145 Å². The van der Waals surface area contributed by atoms with E-state index in [1.807, 2.05) is 6.07 Å². The van der Waals surface area contributed by atoms with Crippen molar-refractivity contribution < 1.29 is 33.4 Å². The third-order valence-electron chi connectivity index (χ3n) is 4.72. The number of alkyl carbamates (subject to hydrolysis) is 1. The number of aromatic nitrogens is 1.